The average molecular weight is 175 g/mol. The number of nitrogens with one attached hydrogen (secondary N) is 2. The summed E-state index contributed by atoms with van der Waals surface area (Å²) in [6.07, 6.45) is 0. The molecular formula is C7H14FN3O. The first-order chi connectivity index (χ1) is 5.84. The minimum atomic E-state index is -0.502. The highest BCUT2D eigenvalue weighted by Gasteiger charge is 2.14. The fourth-order valence-corrected chi connectivity index (χ4v) is 1.13. The molecule has 2 amide bonds. The molecule has 0 aliphatic carbocycles. The average Bonchev–Trinajstić information content (AvgIpc) is 2.15. The number of hydrogen-bond acceptors (Lipinski definition) is 2. The van der Waals surface area contributed by atoms with Crippen molar-refractivity contribution in [1.82, 2.24) is 15.5 Å². The van der Waals surface area contributed by atoms with E-state index in [1.54, 1.807) is 4.90 Å². The van der Waals surface area contributed by atoms with Crippen molar-refractivity contribution < 1.29 is 9.18 Å². The number of alkyl halides is 1. The first-order valence-corrected chi connectivity index (χ1v) is 4.14. The molecule has 1 rings (SSSR count). The number of rotatable bonds is 2. The Kier molecular flexibility index (Phi) is 3.79. The van der Waals surface area contributed by atoms with E-state index in [-0.39, 0.29) is 12.6 Å². The van der Waals surface area contributed by atoms with Gasteiger partial charge in [0, 0.05) is 32.7 Å². The minimum absolute atomic E-state index is 0.114. The molecule has 1 heterocycles. The van der Waals surface area contributed by atoms with Crippen molar-refractivity contribution in [1.29, 1.82) is 0 Å². The fourth-order valence-electron chi connectivity index (χ4n) is 1.13. The molecule has 0 spiro atoms. The zero-order chi connectivity index (χ0) is 8.81. The monoisotopic (exact) mass is 175 g/mol. The topological polar surface area (TPSA) is 44.4 Å². The summed E-state index contributed by atoms with van der Waals surface area (Å²) in [5, 5.41) is 5.62. The van der Waals surface area contributed by atoms with Gasteiger partial charge in [0.15, 0.2) is 0 Å². The summed E-state index contributed by atoms with van der Waals surface area (Å²) in [5.74, 6) is 0. The summed E-state index contributed by atoms with van der Waals surface area (Å²) in [7, 11) is 0. The molecule has 12 heavy (non-hydrogen) atoms. The Balaban J connectivity index is 2.20. The Morgan fingerprint density at radius 3 is 2.75 bits per heavy atom. The molecule has 5 heteroatoms. The van der Waals surface area contributed by atoms with Crippen LogP contribution in [-0.2, 0) is 0 Å². The largest absolute Gasteiger partial charge is 0.335 e. The van der Waals surface area contributed by atoms with Gasteiger partial charge in [-0.2, -0.15) is 0 Å². The molecule has 1 fully saturated rings. The van der Waals surface area contributed by atoms with Crippen LogP contribution in [0.3, 0.4) is 0 Å². The summed E-state index contributed by atoms with van der Waals surface area (Å²) in [5.41, 5.74) is 0. The van der Waals surface area contributed by atoms with Crippen LogP contribution in [0.5, 0.6) is 0 Å². The molecule has 0 aromatic heterocycles. The Bertz CT molecular complexity index is 148. The molecule has 1 aliphatic heterocycles. The lowest BCUT2D eigenvalue weighted by Gasteiger charge is -2.27. The van der Waals surface area contributed by atoms with Gasteiger partial charge in [0.25, 0.3) is 0 Å². The van der Waals surface area contributed by atoms with Crippen molar-refractivity contribution in [2.45, 2.75) is 0 Å². The van der Waals surface area contributed by atoms with E-state index in [2.05, 4.69) is 10.6 Å². The van der Waals surface area contributed by atoms with E-state index >= 15 is 0 Å². The van der Waals surface area contributed by atoms with Gasteiger partial charge in [-0.3, -0.25) is 0 Å². The summed E-state index contributed by atoms with van der Waals surface area (Å²) < 4.78 is 11.7. The van der Waals surface area contributed by atoms with E-state index in [0.29, 0.717) is 13.1 Å². The van der Waals surface area contributed by atoms with Gasteiger partial charge in [0.2, 0.25) is 0 Å². The molecule has 0 atom stereocenters. The third-order valence-corrected chi connectivity index (χ3v) is 1.77. The molecule has 0 unspecified atom stereocenters. The second kappa shape index (κ2) is 4.92. The van der Waals surface area contributed by atoms with Crippen LogP contribution in [-0.4, -0.2) is 50.3 Å². The van der Waals surface area contributed by atoms with Gasteiger partial charge < -0.3 is 15.5 Å². The third kappa shape index (κ3) is 2.65. The van der Waals surface area contributed by atoms with Crippen molar-refractivity contribution in [3.63, 3.8) is 0 Å². The van der Waals surface area contributed by atoms with Gasteiger partial charge in [0.1, 0.15) is 6.67 Å². The molecule has 0 aromatic carbocycles. The number of carbonyl (C=O) groups excluding carboxylic acids is 1. The molecule has 4 nitrogen and oxygen atoms in total. The minimum Gasteiger partial charge on any atom is -0.335 e. The molecule has 0 bridgehead atoms. The third-order valence-electron chi connectivity index (χ3n) is 1.77. The predicted molar refractivity (Wildman–Crippen MR) is 43.8 cm³/mol. The molecule has 0 aromatic rings. The highest BCUT2D eigenvalue weighted by molar-refractivity contribution is 5.74. The number of amides is 2. The van der Waals surface area contributed by atoms with Crippen LogP contribution < -0.4 is 10.6 Å². The van der Waals surface area contributed by atoms with Crippen molar-refractivity contribution in [3.05, 3.63) is 0 Å². The zero-order valence-electron chi connectivity index (χ0n) is 6.98. The van der Waals surface area contributed by atoms with E-state index in [0.717, 1.165) is 13.1 Å². The summed E-state index contributed by atoms with van der Waals surface area (Å²) in [6, 6.07) is -0.158. The van der Waals surface area contributed by atoms with Crippen LogP contribution in [0.1, 0.15) is 0 Å². The molecule has 0 saturated carbocycles. The number of nitrogens with zero attached hydrogens (tertiary/aromatic N) is 1. The Hall–Kier alpha value is -0.840. The highest BCUT2D eigenvalue weighted by Crippen LogP contribution is 1.91. The first-order valence-electron chi connectivity index (χ1n) is 4.14. The van der Waals surface area contributed by atoms with E-state index in [9.17, 15) is 9.18 Å². The van der Waals surface area contributed by atoms with E-state index in [4.69, 9.17) is 0 Å². The van der Waals surface area contributed by atoms with Crippen molar-refractivity contribution in [2.75, 3.05) is 39.4 Å². The van der Waals surface area contributed by atoms with Crippen LogP contribution in [0.2, 0.25) is 0 Å². The molecule has 1 aliphatic rings. The van der Waals surface area contributed by atoms with Gasteiger partial charge in [-0.1, -0.05) is 0 Å². The first kappa shape index (κ1) is 9.25. The summed E-state index contributed by atoms with van der Waals surface area (Å²) in [6.45, 7) is 2.67. The van der Waals surface area contributed by atoms with Crippen LogP contribution in [0, 0.1) is 0 Å². The quantitative estimate of drug-likeness (QED) is 0.598. The molecule has 70 valence electrons. The molecule has 1 saturated heterocycles. The Labute approximate surface area is 71.1 Å². The van der Waals surface area contributed by atoms with E-state index in [1.807, 2.05) is 0 Å². The summed E-state index contributed by atoms with van der Waals surface area (Å²) >= 11 is 0. The van der Waals surface area contributed by atoms with Gasteiger partial charge in [-0.15, -0.1) is 0 Å². The van der Waals surface area contributed by atoms with Crippen LogP contribution in [0.25, 0.3) is 0 Å². The lowest BCUT2D eigenvalue weighted by molar-refractivity contribution is 0.189. The lowest BCUT2D eigenvalue weighted by atomic mass is 10.4. The zero-order valence-corrected chi connectivity index (χ0v) is 6.98. The summed E-state index contributed by atoms with van der Waals surface area (Å²) in [4.78, 5) is 12.9. The van der Waals surface area contributed by atoms with Gasteiger partial charge in [0.05, 0.1) is 0 Å². The fraction of sp³-hybridized carbons (Fsp3) is 0.857. The maximum atomic E-state index is 11.7. The molecule has 0 radical (unpaired) electrons. The van der Waals surface area contributed by atoms with E-state index in [1.165, 1.54) is 0 Å². The maximum Gasteiger partial charge on any atom is 0.317 e. The SMILES string of the molecule is O=C(NCCF)N1CCNCC1. The highest BCUT2D eigenvalue weighted by atomic mass is 19.1. The van der Waals surface area contributed by atoms with E-state index < -0.39 is 6.67 Å². The number of piperazine rings is 1. The van der Waals surface area contributed by atoms with Crippen LogP contribution >= 0.6 is 0 Å². The molecule has 2 N–H and O–H groups in total. The Morgan fingerprint density at radius 1 is 1.50 bits per heavy atom. The maximum absolute atomic E-state index is 11.7. The van der Waals surface area contributed by atoms with Crippen LogP contribution in [0.15, 0.2) is 0 Å². The van der Waals surface area contributed by atoms with Crippen LogP contribution in [0.4, 0.5) is 9.18 Å². The number of hydrogen-bond donors (Lipinski definition) is 2. The number of halogens is 1. The number of urea groups is 1. The van der Waals surface area contributed by atoms with Crippen molar-refractivity contribution in [3.8, 4) is 0 Å². The molecular weight excluding hydrogens is 161 g/mol. The Morgan fingerprint density at radius 2 is 2.17 bits per heavy atom. The lowest BCUT2D eigenvalue weighted by Crippen LogP contribution is -2.50. The smallest absolute Gasteiger partial charge is 0.317 e. The van der Waals surface area contributed by atoms with Gasteiger partial charge in [-0.05, 0) is 0 Å². The number of carbonyl (C=O) groups is 1. The second-order valence-electron chi connectivity index (χ2n) is 2.66. The van der Waals surface area contributed by atoms with Gasteiger partial charge in [-0.25, -0.2) is 9.18 Å². The van der Waals surface area contributed by atoms with Gasteiger partial charge >= 0.3 is 6.03 Å². The van der Waals surface area contributed by atoms with Crippen molar-refractivity contribution in [2.24, 2.45) is 0 Å². The standard InChI is InChI=1S/C7H14FN3O/c8-1-2-10-7(12)11-5-3-9-4-6-11/h9H,1-6H2,(H,10,12). The normalized spacial score (nSPS) is 17.6. The van der Waals surface area contributed by atoms with Crippen molar-refractivity contribution >= 4 is 6.03 Å². The second-order valence-corrected chi connectivity index (χ2v) is 2.66. The predicted octanol–water partition coefficient (Wildman–Crippen LogP) is -0.429.